The summed E-state index contributed by atoms with van der Waals surface area (Å²) in [5, 5.41) is 21.6. The molecular formula is C25H20FNO4. The van der Waals surface area contributed by atoms with E-state index in [0.29, 0.717) is 22.6 Å². The number of hydrogen-bond donors (Lipinski definition) is 2. The van der Waals surface area contributed by atoms with E-state index in [1.807, 2.05) is 6.92 Å². The quantitative estimate of drug-likeness (QED) is 0.436. The molecule has 3 aromatic carbocycles. The Morgan fingerprint density at radius 2 is 1.58 bits per heavy atom. The summed E-state index contributed by atoms with van der Waals surface area (Å²) in [5.41, 5.74) is 2.36. The van der Waals surface area contributed by atoms with Crippen LogP contribution in [0, 0.1) is 12.7 Å². The number of benzene rings is 3. The number of aryl methyl sites for hydroxylation is 1. The third kappa shape index (κ3) is 3.53. The van der Waals surface area contributed by atoms with Crippen molar-refractivity contribution < 1.29 is 24.1 Å². The minimum atomic E-state index is -0.559. The second-order valence-electron chi connectivity index (χ2n) is 7.10. The predicted octanol–water partition coefficient (Wildman–Crippen LogP) is 5.24. The summed E-state index contributed by atoms with van der Waals surface area (Å²) in [7, 11) is 1.49. The maximum atomic E-state index is 13.5. The van der Waals surface area contributed by atoms with Gasteiger partial charge in [-0.2, -0.15) is 0 Å². The maximum absolute atomic E-state index is 13.5. The van der Waals surface area contributed by atoms with Crippen molar-refractivity contribution >= 4 is 5.78 Å². The van der Waals surface area contributed by atoms with Gasteiger partial charge < -0.3 is 14.9 Å². The summed E-state index contributed by atoms with van der Waals surface area (Å²) >= 11 is 0. The van der Waals surface area contributed by atoms with Crippen molar-refractivity contribution in [2.75, 3.05) is 7.11 Å². The molecule has 0 atom stereocenters. The van der Waals surface area contributed by atoms with Crippen LogP contribution < -0.4 is 4.74 Å². The number of aromatic nitrogens is 1. The number of carbonyl (C=O) groups excluding carboxylic acids is 1. The number of para-hydroxylation sites is 1. The maximum Gasteiger partial charge on any atom is 0.240 e. The topological polar surface area (TPSA) is 71.7 Å². The number of carbonyl (C=O) groups is 1. The third-order valence-corrected chi connectivity index (χ3v) is 5.11. The number of aromatic hydroxyl groups is 2. The Kier molecular flexibility index (Phi) is 5.21. The van der Waals surface area contributed by atoms with Gasteiger partial charge >= 0.3 is 0 Å². The molecule has 0 aliphatic rings. The van der Waals surface area contributed by atoms with E-state index in [9.17, 15) is 19.4 Å². The zero-order valence-electron chi connectivity index (χ0n) is 17.0. The fourth-order valence-electron chi connectivity index (χ4n) is 3.55. The Labute approximate surface area is 178 Å². The zero-order chi connectivity index (χ0) is 22.1. The number of methoxy groups -OCH3 is 1. The van der Waals surface area contributed by atoms with Crippen molar-refractivity contribution in [1.82, 2.24) is 4.57 Å². The van der Waals surface area contributed by atoms with Gasteiger partial charge in [0.15, 0.2) is 11.5 Å². The van der Waals surface area contributed by atoms with Crippen molar-refractivity contribution in [1.29, 1.82) is 0 Å². The molecule has 6 heteroatoms. The molecule has 0 saturated heterocycles. The Hall–Kier alpha value is -4.06. The van der Waals surface area contributed by atoms with E-state index in [0.717, 1.165) is 5.56 Å². The van der Waals surface area contributed by atoms with Gasteiger partial charge in [-0.1, -0.05) is 42.0 Å². The molecule has 0 aliphatic carbocycles. The second kappa shape index (κ2) is 7.99. The number of halogens is 1. The Balaban J connectivity index is 2.05. The summed E-state index contributed by atoms with van der Waals surface area (Å²) in [4.78, 5) is 13.4. The molecule has 1 aromatic heterocycles. The summed E-state index contributed by atoms with van der Waals surface area (Å²) in [6.45, 7) is 1.91. The van der Waals surface area contributed by atoms with E-state index < -0.39 is 23.2 Å². The highest BCUT2D eigenvalue weighted by Gasteiger charge is 2.31. The molecular weight excluding hydrogens is 397 g/mol. The van der Waals surface area contributed by atoms with Crippen LogP contribution >= 0.6 is 0 Å². The molecule has 1 heterocycles. The number of ketones is 1. The molecule has 0 radical (unpaired) electrons. The molecule has 0 amide bonds. The van der Waals surface area contributed by atoms with Gasteiger partial charge in [0.25, 0.3) is 0 Å². The predicted molar refractivity (Wildman–Crippen MR) is 116 cm³/mol. The number of ether oxygens (including phenoxy) is 1. The van der Waals surface area contributed by atoms with Gasteiger partial charge in [0.2, 0.25) is 5.88 Å². The van der Waals surface area contributed by atoms with Crippen molar-refractivity contribution in [3.63, 3.8) is 0 Å². The van der Waals surface area contributed by atoms with Gasteiger partial charge in [0.1, 0.15) is 11.6 Å². The van der Waals surface area contributed by atoms with Crippen LogP contribution in [-0.4, -0.2) is 27.7 Å². The fourth-order valence-corrected chi connectivity index (χ4v) is 3.55. The highest BCUT2D eigenvalue weighted by molar-refractivity contribution is 6.15. The lowest BCUT2D eigenvalue weighted by Crippen LogP contribution is -2.06. The van der Waals surface area contributed by atoms with Gasteiger partial charge in [-0.3, -0.25) is 9.36 Å². The molecule has 0 saturated carbocycles. The molecule has 0 fully saturated rings. The minimum absolute atomic E-state index is 0.0739. The molecule has 5 nitrogen and oxygen atoms in total. The van der Waals surface area contributed by atoms with Crippen LogP contribution in [0.3, 0.4) is 0 Å². The highest BCUT2D eigenvalue weighted by atomic mass is 19.1. The molecule has 0 spiro atoms. The lowest BCUT2D eigenvalue weighted by Gasteiger charge is -2.14. The zero-order valence-corrected chi connectivity index (χ0v) is 17.0. The average molecular weight is 417 g/mol. The van der Waals surface area contributed by atoms with E-state index in [1.54, 1.807) is 48.5 Å². The molecule has 0 bridgehead atoms. The van der Waals surface area contributed by atoms with E-state index in [4.69, 9.17) is 4.74 Å². The minimum Gasteiger partial charge on any atom is -0.503 e. The first-order valence-corrected chi connectivity index (χ1v) is 9.59. The molecule has 31 heavy (non-hydrogen) atoms. The molecule has 0 aliphatic heterocycles. The first-order chi connectivity index (χ1) is 14.9. The van der Waals surface area contributed by atoms with Crippen molar-refractivity contribution in [3.05, 3.63) is 95.3 Å². The number of hydrogen-bond acceptors (Lipinski definition) is 4. The van der Waals surface area contributed by atoms with Crippen molar-refractivity contribution in [3.8, 4) is 34.3 Å². The van der Waals surface area contributed by atoms with Gasteiger partial charge in [0.05, 0.1) is 18.4 Å². The molecule has 4 rings (SSSR count). The Bertz CT molecular complexity index is 1260. The monoisotopic (exact) mass is 417 g/mol. The molecule has 4 aromatic rings. The van der Waals surface area contributed by atoms with E-state index in [-0.39, 0.29) is 11.3 Å². The first-order valence-electron chi connectivity index (χ1n) is 9.59. The van der Waals surface area contributed by atoms with E-state index in [2.05, 4.69) is 0 Å². The van der Waals surface area contributed by atoms with Crippen LogP contribution in [0.2, 0.25) is 0 Å². The van der Waals surface area contributed by atoms with Crippen LogP contribution in [0.1, 0.15) is 21.5 Å². The van der Waals surface area contributed by atoms with Crippen LogP contribution in [0.25, 0.3) is 16.9 Å². The lowest BCUT2D eigenvalue weighted by atomic mass is 9.98. The summed E-state index contributed by atoms with van der Waals surface area (Å²) < 4.78 is 20.3. The van der Waals surface area contributed by atoms with Crippen molar-refractivity contribution in [2.24, 2.45) is 0 Å². The summed E-state index contributed by atoms with van der Waals surface area (Å²) in [6.07, 6.45) is 0. The van der Waals surface area contributed by atoms with E-state index >= 15 is 0 Å². The Morgan fingerprint density at radius 3 is 2.23 bits per heavy atom. The molecule has 2 N–H and O–H groups in total. The highest BCUT2D eigenvalue weighted by Crippen LogP contribution is 2.46. The molecule has 0 unspecified atom stereocenters. The van der Waals surface area contributed by atoms with Gasteiger partial charge in [-0.25, -0.2) is 4.39 Å². The number of rotatable bonds is 5. The van der Waals surface area contributed by atoms with E-state index in [1.165, 1.54) is 35.9 Å². The summed E-state index contributed by atoms with van der Waals surface area (Å²) in [5.74, 6) is -1.55. The number of nitrogens with zero attached hydrogens (tertiary/aromatic N) is 1. The average Bonchev–Trinajstić information content (AvgIpc) is 3.05. The van der Waals surface area contributed by atoms with Crippen LogP contribution in [-0.2, 0) is 0 Å². The molecule has 156 valence electrons. The SMILES string of the molecule is COc1ccccc1-c1c(C(=O)c2ccc(C)cc2)c(O)c(O)n1-c1ccc(F)cc1. The normalized spacial score (nSPS) is 10.8. The second-order valence-corrected chi connectivity index (χ2v) is 7.10. The van der Waals surface area contributed by atoms with Gasteiger partial charge in [-0.15, -0.1) is 0 Å². The third-order valence-electron chi connectivity index (χ3n) is 5.11. The lowest BCUT2D eigenvalue weighted by molar-refractivity contribution is 0.103. The van der Waals surface area contributed by atoms with Gasteiger partial charge in [0, 0.05) is 16.8 Å². The fraction of sp³-hybridized carbons (Fsp3) is 0.0800. The van der Waals surface area contributed by atoms with Crippen LogP contribution in [0.4, 0.5) is 4.39 Å². The standard InChI is InChI=1S/C25H20FNO4/c1-15-7-9-16(10-8-15)23(28)21-22(19-5-3-4-6-20(19)31-2)27(25(30)24(21)29)18-13-11-17(26)12-14-18/h3-14,29-30H,1-2H3. The summed E-state index contributed by atoms with van der Waals surface area (Å²) in [6, 6.07) is 19.3. The Morgan fingerprint density at radius 1 is 0.935 bits per heavy atom. The van der Waals surface area contributed by atoms with Crippen LogP contribution in [0.5, 0.6) is 17.4 Å². The van der Waals surface area contributed by atoms with Gasteiger partial charge in [-0.05, 0) is 43.3 Å². The van der Waals surface area contributed by atoms with Crippen molar-refractivity contribution in [2.45, 2.75) is 6.92 Å². The largest absolute Gasteiger partial charge is 0.503 e. The smallest absolute Gasteiger partial charge is 0.240 e. The van der Waals surface area contributed by atoms with Crippen LogP contribution in [0.15, 0.2) is 72.8 Å². The first kappa shape index (κ1) is 20.2.